The van der Waals surface area contributed by atoms with Gasteiger partial charge in [-0.05, 0) is 42.0 Å². The molecule has 28 heavy (non-hydrogen) atoms. The smallest absolute Gasteiger partial charge is 0.0679 e. The molecule has 0 N–H and O–H groups in total. The zero-order valence-electron chi connectivity index (χ0n) is 15.7. The summed E-state index contributed by atoms with van der Waals surface area (Å²) >= 11 is 2.85. The minimum Gasteiger partial charge on any atom is -0.0679 e. The van der Waals surface area contributed by atoms with Gasteiger partial charge in [-0.1, -0.05) is 108 Å². The van der Waals surface area contributed by atoms with Gasteiger partial charge in [0.2, 0.25) is 0 Å². The molecule has 0 saturated carbocycles. The molecule has 0 amide bonds. The lowest BCUT2D eigenvalue weighted by atomic mass is 10.2. The maximum Gasteiger partial charge on any atom is 0.116 e. The first-order valence-electron chi connectivity index (χ1n) is 9.20. The van der Waals surface area contributed by atoms with Gasteiger partial charge < -0.3 is 0 Å². The summed E-state index contributed by atoms with van der Waals surface area (Å²) in [7, 11) is 0.454. The molecule has 0 heterocycles. The zero-order chi connectivity index (χ0) is 19.7. The average Bonchev–Trinajstić information content (AvgIpc) is 2.81. The minimum absolute atomic E-state index is 1.03. The molecular weight excluding hydrogens is 442 g/mol. The van der Waals surface area contributed by atoms with Crippen LogP contribution in [0.5, 0.6) is 0 Å². The third-order valence-corrected chi connectivity index (χ3v) is 9.23. The van der Waals surface area contributed by atoms with Crippen molar-refractivity contribution in [2.24, 2.45) is 0 Å². The van der Waals surface area contributed by atoms with E-state index in [4.69, 9.17) is 0 Å². The molecule has 0 radical (unpaired) electrons. The molecule has 0 aliphatic heterocycles. The zero-order valence-corrected chi connectivity index (χ0v) is 19.3. The second-order valence-electron chi connectivity index (χ2n) is 6.46. The summed E-state index contributed by atoms with van der Waals surface area (Å²) in [6.07, 6.45) is 1.03. The van der Waals surface area contributed by atoms with Crippen LogP contribution < -0.4 is 15.9 Å². The molecule has 0 nitrogen and oxygen atoms in total. The Kier molecular flexibility index (Phi) is 7.99. The maximum atomic E-state index is 2.85. The first-order chi connectivity index (χ1) is 13.9. The second-order valence-corrected chi connectivity index (χ2v) is 9.95. The van der Waals surface area contributed by atoms with Gasteiger partial charge >= 0.3 is 0 Å². The van der Waals surface area contributed by atoms with Gasteiger partial charge in [-0.3, -0.25) is 0 Å². The standard InChI is InChI=1S/C25H22P.BrH2P/c1-5-13-22(14-6-1)21-26(23-15-7-2-8-16-23,24-17-9-3-10-18-24)25-19-11-4-12-20-25;1-2/h1-20H,21H2;2H2/q+1;. The van der Waals surface area contributed by atoms with Crippen molar-refractivity contribution in [3.63, 3.8) is 0 Å². The minimum atomic E-state index is -1.78. The maximum absolute atomic E-state index is 2.85. The molecule has 0 fully saturated rings. The molecule has 0 saturated heterocycles. The van der Waals surface area contributed by atoms with Crippen molar-refractivity contribution in [3.05, 3.63) is 127 Å². The summed E-state index contributed by atoms with van der Waals surface area (Å²) in [6, 6.07) is 44.0. The van der Waals surface area contributed by atoms with Crippen molar-refractivity contribution in [2.75, 3.05) is 0 Å². The summed E-state index contributed by atoms with van der Waals surface area (Å²) in [5.74, 6) is 0. The Hall–Kier alpha value is -1.78. The van der Waals surface area contributed by atoms with Crippen LogP contribution >= 0.6 is 30.7 Å². The first-order valence-corrected chi connectivity index (χ1v) is 14.4. The molecule has 0 aromatic heterocycles. The monoisotopic (exact) mass is 465 g/mol. The Morgan fingerprint density at radius 3 is 1.07 bits per heavy atom. The van der Waals surface area contributed by atoms with E-state index in [9.17, 15) is 0 Å². The van der Waals surface area contributed by atoms with Crippen molar-refractivity contribution >= 4 is 46.6 Å². The highest BCUT2D eigenvalue weighted by molar-refractivity contribution is 9.34. The number of hydrogen-bond donors (Lipinski definition) is 0. The fraction of sp³-hybridized carbons (Fsp3) is 0.0400. The molecule has 4 aromatic rings. The molecule has 4 rings (SSSR count). The fourth-order valence-electron chi connectivity index (χ4n) is 3.63. The van der Waals surface area contributed by atoms with Crippen LogP contribution in [0.15, 0.2) is 121 Å². The Balaban J connectivity index is 0.00000109. The lowest BCUT2D eigenvalue weighted by Crippen LogP contribution is -2.32. The number of hydrogen-bond acceptors (Lipinski definition) is 0. The Labute approximate surface area is 179 Å². The van der Waals surface area contributed by atoms with Crippen LogP contribution in [0.1, 0.15) is 5.56 Å². The summed E-state index contributed by atoms with van der Waals surface area (Å²) in [6.45, 7) is 0. The van der Waals surface area contributed by atoms with E-state index in [-0.39, 0.29) is 0 Å². The van der Waals surface area contributed by atoms with Crippen molar-refractivity contribution in [1.82, 2.24) is 0 Å². The predicted octanol–water partition coefficient (Wildman–Crippen LogP) is 6.35. The highest BCUT2D eigenvalue weighted by atomic mass is 79.9. The third kappa shape index (κ3) is 4.61. The molecule has 0 spiro atoms. The SMILES string of the molecule is PBr.c1ccc(C[P+](c2ccccc2)(c2ccccc2)c2ccccc2)cc1. The van der Waals surface area contributed by atoms with E-state index in [1.54, 1.807) is 0 Å². The highest BCUT2D eigenvalue weighted by Crippen LogP contribution is 2.58. The van der Waals surface area contributed by atoms with Crippen LogP contribution in [0.2, 0.25) is 0 Å². The van der Waals surface area contributed by atoms with Gasteiger partial charge in [-0.25, -0.2) is 0 Å². The quantitative estimate of drug-likeness (QED) is 0.301. The molecule has 0 bridgehead atoms. The molecule has 4 aromatic carbocycles. The van der Waals surface area contributed by atoms with Crippen LogP contribution in [0.4, 0.5) is 0 Å². The van der Waals surface area contributed by atoms with Crippen molar-refractivity contribution in [1.29, 1.82) is 0 Å². The molecule has 140 valence electrons. The molecule has 1 atom stereocenters. The molecule has 3 heteroatoms. The number of rotatable bonds is 5. The van der Waals surface area contributed by atoms with Crippen LogP contribution in [0.3, 0.4) is 0 Å². The second kappa shape index (κ2) is 10.7. The number of benzene rings is 4. The van der Waals surface area contributed by atoms with Gasteiger partial charge in [0.15, 0.2) is 0 Å². The summed E-state index contributed by atoms with van der Waals surface area (Å²) in [5, 5.41) is 4.30. The highest BCUT2D eigenvalue weighted by Gasteiger charge is 2.45. The Bertz CT molecular complexity index is 846. The van der Waals surface area contributed by atoms with Gasteiger partial charge in [0, 0.05) is 0 Å². The van der Waals surface area contributed by atoms with E-state index >= 15 is 0 Å². The van der Waals surface area contributed by atoms with E-state index in [0.717, 1.165) is 6.16 Å². The van der Waals surface area contributed by atoms with Crippen LogP contribution in [0.25, 0.3) is 0 Å². The molecular formula is C25H24BrP2+. The van der Waals surface area contributed by atoms with Gasteiger partial charge in [0.25, 0.3) is 0 Å². The van der Waals surface area contributed by atoms with Crippen molar-refractivity contribution in [2.45, 2.75) is 6.16 Å². The van der Waals surface area contributed by atoms with E-state index in [1.165, 1.54) is 21.5 Å². The molecule has 0 aliphatic rings. The molecule has 1 unspecified atom stereocenters. The summed E-state index contributed by atoms with van der Waals surface area (Å²) in [5.41, 5.74) is 1.39. The van der Waals surface area contributed by atoms with Gasteiger partial charge in [-0.15, -0.1) is 0 Å². The average molecular weight is 466 g/mol. The van der Waals surface area contributed by atoms with Gasteiger partial charge in [0.05, 0.1) is 6.16 Å². The Morgan fingerprint density at radius 2 is 0.750 bits per heavy atom. The van der Waals surface area contributed by atoms with Crippen molar-refractivity contribution in [3.8, 4) is 0 Å². The van der Waals surface area contributed by atoms with Crippen molar-refractivity contribution < 1.29 is 0 Å². The van der Waals surface area contributed by atoms with Gasteiger partial charge in [0.1, 0.15) is 23.2 Å². The normalized spacial score (nSPS) is 10.6. The van der Waals surface area contributed by atoms with E-state index in [2.05, 4.69) is 145 Å². The summed E-state index contributed by atoms with van der Waals surface area (Å²) in [4.78, 5) is 0. The van der Waals surface area contributed by atoms with E-state index in [1.807, 2.05) is 0 Å². The molecule has 0 aliphatic carbocycles. The topological polar surface area (TPSA) is 0 Å². The van der Waals surface area contributed by atoms with Crippen LogP contribution in [-0.4, -0.2) is 0 Å². The van der Waals surface area contributed by atoms with Crippen LogP contribution in [0, 0.1) is 0 Å². The Morgan fingerprint density at radius 1 is 0.464 bits per heavy atom. The third-order valence-electron chi connectivity index (χ3n) is 4.85. The lowest BCUT2D eigenvalue weighted by molar-refractivity contribution is 1.39. The first kappa shape index (κ1) is 20.9. The lowest BCUT2D eigenvalue weighted by Gasteiger charge is -2.27. The van der Waals surface area contributed by atoms with E-state index < -0.39 is 7.26 Å². The summed E-state index contributed by atoms with van der Waals surface area (Å²) < 4.78 is 0. The van der Waals surface area contributed by atoms with Gasteiger partial charge in [-0.2, -0.15) is 0 Å². The number of halogens is 1. The fourth-order valence-corrected chi connectivity index (χ4v) is 7.87. The van der Waals surface area contributed by atoms with Crippen LogP contribution in [-0.2, 0) is 6.16 Å². The van der Waals surface area contributed by atoms with E-state index in [0.29, 0.717) is 0 Å². The predicted molar refractivity (Wildman–Crippen MR) is 134 cm³/mol. The largest absolute Gasteiger partial charge is 0.116 e.